The molecule has 21 heavy (non-hydrogen) atoms. The quantitative estimate of drug-likeness (QED) is 0.817. The summed E-state index contributed by atoms with van der Waals surface area (Å²) in [7, 11) is 1.89. The highest BCUT2D eigenvalue weighted by Crippen LogP contribution is 2.21. The molecule has 0 amide bonds. The molecule has 0 saturated carbocycles. The van der Waals surface area contributed by atoms with E-state index in [-0.39, 0.29) is 0 Å². The van der Waals surface area contributed by atoms with Crippen LogP contribution >= 0.6 is 0 Å². The van der Waals surface area contributed by atoms with Crippen LogP contribution in [-0.4, -0.2) is 23.1 Å². The summed E-state index contributed by atoms with van der Waals surface area (Å²) in [6.07, 6.45) is 4.66. The van der Waals surface area contributed by atoms with Crippen molar-refractivity contribution in [2.45, 2.75) is 39.2 Å². The number of rotatable bonds is 7. The average molecular weight is 284 g/mol. The molecule has 0 aliphatic heterocycles. The molecule has 2 aromatic rings. The summed E-state index contributed by atoms with van der Waals surface area (Å²) < 4.78 is 0. The van der Waals surface area contributed by atoms with Crippen LogP contribution < -0.4 is 10.6 Å². The molecule has 2 N–H and O–H groups in total. The molecule has 0 fully saturated rings. The van der Waals surface area contributed by atoms with Gasteiger partial charge in [-0.2, -0.15) is 0 Å². The van der Waals surface area contributed by atoms with Gasteiger partial charge in [-0.25, -0.2) is 9.97 Å². The van der Waals surface area contributed by atoms with Gasteiger partial charge in [-0.05, 0) is 31.7 Å². The number of hydrogen-bond acceptors (Lipinski definition) is 4. The molecule has 4 heteroatoms. The van der Waals surface area contributed by atoms with Crippen molar-refractivity contribution < 1.29 is 0 Å². The summed E-state index contributed by atoms with van der Waals surface area (Å²) >= 11 is 0. The summed E-state index contributed by atoms with van der Waals surface area (Å²) in [5.74, 6) is 1.85. The highest BCUT2D eigenvalue weighted by Gasteiger charge is 2.11. The second kappa shape index (κ2) is 7.62. The van der Waals surface area contributed by atoms with Crippen LogP contribution in [0.25, 0.3) is 0 Å². The zero-order valence-electron chi connectivity index (χ0n) is 13.1. The van der Waals surface area contributed by atoms with Gasteiger partial charge in [-0.15, -0.1) is 0 Å². The number of anilines is 2. The number of nitrogens with zero attached hydrogens (tertiary/aromatic N) is 2. The molecule has 0 aliphatic rings. The summed E-state index contributed by atoms with van der Waals surface area (Å²) in [6, 6.07) is 11.0. The fourth-order valence-corrected chi connectivity index (χ4v) is 2.42. The Labute approximate surface area is 127 Å². The predicted octanol–water partition coefficient (Wildman–Crippen LogP) is 3.51. The largest absolute Gasteiger partial charge is 0.373 e. The predicted molar refractivity (Wildman–Crippen MR) is 88.8 cm³/mol. The van der Waals surface area contributed by atoms with E-state index < -0.39 is 0 Å². The van der Waals surface area contributed by atoms with Crippen molar-refractivity contribution >= 4 is 11.6 Å². The molecule has 0 bridgehead atoms. The van der Waals surface area contributed by atoms with Gasteiger partial charge in [0.15, 0.2) is 0 Å². The van der Waals surface area contributed by atoms with E-state index in [1.54, 1.807) is 6.33 Å². The number of aryl methyl sites for hydroxylation is 1. The van der Waals surface area contributed by atoms with E-state index in [2.05, 4.69) is 64.8 Å². The molecule has 0 radical (unpaired) electrons. The third kappa shape index (κ3) is 4.18. The average Bonchev–Trinajstić information content (AvgIpc) is 2.53. The topological polar surface area (TPSA) is 49.8 Å². The van der Waals surface area contributed by atoms with E-state index in [1.807, 2.05) is 7.05 Å². The molecule has 0 spiro atoms. The normalized spacial score (nSPS) is 12.0. The minimum absolute atomic E-state index is 0.370. The SMILES string of the molecule is CCc1c(NC)ncnc1NC(C)CCc1ccccc1. The van der Waals surface area contributed by atoms with Gasteiger partial charge in [0.2, 0.25) is 0 Å². The Balaban J connectivity index is 1.98. The van der Waals surface area contributed by atoms with Gasteiger partial charge >= 0.3 is 0 Å². The molecule has 2 rings (SSSR count). The summed E-state index contributed by atoms with van der Waals surface area (Å²) in [5.41, 5.74) is 2.52. The molecule has 0 aliphatic carbocycles. The number of hydrogen-bond donors (Lipinski definition) is 2. The van der Waals surface area contributed by atoms with E-state index in [0.717, 1.165) is 36.5 Å². The minimum atomic E-state index is 0.370. The first-order valence-electron chi connectivity index (χ1n) is 7.56. The lowest BCUT2D eigenvalue weighted by Crippen LogP contribution is -2.19. The summed E-state index contributed by atoms with van der Waals surface area (Å²) in [4.78, 5) is 8.66. The third-order valence-electron chi connectivity index (χ3n) is 3.63. The van der Waals surface area contributed by atoms with Crippen LogP contribution in [0.15, 0.2) is 36.7 Å². The molecule has 1 aromatic carbocycles. The van der Waals surface area contributed by atoms with Crippen molar-refractivity contribution in [3.63, 3.8) is 0 Å². The van der Waals surface area contributed by atoms with Crippen LogP contribution in [0.3, 0.4) is 0 Å². The standard InChI is InChI=1S/C17H24N4/c1-4-15-16(18-3)19-12-20-17(15)21-13(2)10-11-14-8-6-5-7-9-14/h5-9,12-13H,4,10-11H2,1-3H3,(H2,18,19,20,21). The van der Waals surface area contributed by atoms with Crippen molar-refractivity contribution in [3.8, 4) is 0 Å². The van der Waals surface area contributed by atoms with Crippen LogP contribution in [0.1, 0.15) is 31.4 Å². The Kier molecular flexibility index (Phi) is 5.55. The lowest BCUT2D eigenvalue weighted by atomic mass is 10.1. The van der Waals surface area contributed by atoms with Crippen molar-refractivity contribution in [1.82, 2.24) is 9.97 Å². The third-order valence-corrected chi connectivity index (χ3v) is 3.63. The fraction of sp³-hybridized carbons (Fsp3) is 0.412. The molecule has 112 valence electrons. The number of nitrogens with one attached hydrogen (secondary N) is 2. The second-order valence-corrected chi connectivity index (χ2v) is 5.22. The smallest absolute Gasteiger partial charge is 0.134 e. The lowest BCUT2D eigenvalue weighted by molar-refractivity contribution is 0.701. The Bertz CT molecular complexity index is 554. The van der Waals surface area contributed by atoms with Crippen molar-refractivity contribution in [1.29, 1.82) is 0 Å². The van der Waals surface area contributed by atoms with Gasteiger partial charge in [-0.3, -0.25) is 0 Å². The number of benzene rings is 1. The first-order chi connectivity index (χ1) is 10.2. The monoisotopic (exact) mass is 284 g/mol. The summed E-state index contributed by atoms with van der Waals surface area (Å²) in [6.45, 7) is 4.32. The van der Waals surface area contributed by atoms with E-state index in [0.29, 0.717) is 6.04 Å². The minimum Gasteiger partial charge on any atom is -0.373 e. The van der Waals surface area contributed by atoms with Crippen LogP contribution in [-0.2, 0) is 12.8 Å². The lowest BCUT2D eigenvalue weighted by Gasteiger charge is -2.18. The van der Waals surface area contributed by atoms with E-state index in [1.165, 1.54) is 5.56 Å². The van der Waals surface area contributed by atoms with Crippen LogP contribution in [0.4, 0.5) is 11.6 Å². The van der Waals surface area contributed by atoms with Crippen molar-refractivity contribution in [2.24, 2.45) is 0 Å². The summed E-state index contributed by atoms with van der Waals surface area (Å²) in [5, 5.41) is 6.64. The van der Waals surface area contributed by atoms with Crippen LogP contribution in [0.2, 0.25) is 0 Å². The zero-order valence-corrected chi connectivity index (χ0v) is 13.1. The van der Waals surface area contributed by atoms with Gasteiger partial charge < -0.3 is 10.6 Å². The first kappa shape index (κ1) is 15.3. The van der Waals surface area contributed by atoms with E-state index >= 15 is 0 Å². The molecular formula is C17H24N4. The van der Waals surface area contributed by atoms with Crippen molar-refractivity contribution in [3.05, 3.63) is 47.8 Å². The molecular weight excluding hydrogens is 260 g/mol. The van der Waals surface area contributed by atoms with Crippen LogP contribution in [0.5, 0.6) is 0 Å². The Morgan fingerprint density at radius 1 is 1.10 bits per heavy atom. The Morgan fingerprint density at radius 3 is 2.48 bits per heavy atom. The maximum Gasteiger partial charge on any atom is 0.134 e. The second-order valence-electron chi connectivity index (χ2n) is 5.22. The highest BCUT2D eigenvalue weighted by molar-refractivity contribution is 5.57. The first-order valence-corrected chi connectivity index (χ1v) is 7.56. The highest BCUT2D eigenvalue weighted by atomic mass is 15.1. The van der Waals surface area contributed by atoms with Crippen LogP contribution in [0, 0.1) is 0 Å². The number of aromatic nitrogens is 2. The van der Waals surface area contributed by atoms with Crippen molar-refractivity contribution in [2.75, 3.05) is 17.7 Å². The maximum absolute atomic E-state index is 4.39. The van der Waals surface area contributed by atoms with Gasteiger partial charge in [0, 0.05) is 18.7 Å². The van der Waals surface area contributed by atoms with E-state index in [9.17, 15) is 0 Å². The molecule has 1 atom stereocenters. The maximum atomic E-state index is 4.39. The fourth-order valence-electron chi connectivity index (χ4n) is 2.42. The Morgan fingerprint density at radius 2 is 1.81 bits per heavy atom. The molecule has 1 heterocycles. The Hall–Kier alpha value is -2.10. The molecule has 1 unspecified atom stereocenters. The zero-order chi connectivity index (χ0) is 15.1. The van der Waals surface area contributed by atoms with E-state index in [4.69, 9.17) is 0 Å². The van der Waals surface area contributed by atoms with Gasteiger partial charge in [0.05, 0.1) is 0 Å². The molecule has 0 saturated heterocycles. The molecule has 1 aromatic heterocycles. The van der Waals surface area contributed by atoms with Gasteiger partial charge in [0.1, 0.15) is 18.0 Å². The van der Waals surface area contributed by atoms with Gasteiger partial charge in [0.25, 0.3) is 0 Å². The van der Waals surface area contributed by atoms with Gasteiger partial charge in [-0.1, -0.05) is 37.3 Å². The molecule has 4 nitrogen and oxygen atoms in total.